The number of β-amino-alcohol motifs (C(OH)–C–C–N with tert-alkyl or cyclic N) is 1. The van der Waals surface area contributed by atoms with Gasteiger partial charge in [0.05, 0.1) is 6.10 Å². The molecule has 1 aliphatic rings. The summed E-state index contributed by atoms with van der Waals surface area (Å²) in [5, 5.41) is 9.11. The smallest absolute Gasteiger partial charge is 0.330 e. The number of hydrogen-bond acceptors (Lipinski definition) is 5. The molecule has 0 radical (unpaired) electrons. The predicted octanol–water partition coefficient (Wildman–Crippen LogP) is -2.55. The second-order valence-corrected chi connectivity index (χ2v) is 6.13. The van der Waals surface area contributed by atoms with Crippen LogP contribution in [0.25, 0.3) is 0 Å². The highest BCUT2D eigenvalue weighted by atomic mass is 32.2. The Morgan fingerprint density at radius 3 is 2.33 bits per heavy atom. The first-order chi connectivity index (χ1) is 8.25. The zero-order valence-corrected chi connectivity index (χ0v) is 10.7. The van der Waals surface area contributed by atoms with Gasteiger partial charge in [0.1, 0.15) is 0 Å². The molecule has 9 heteroatoms. The predicted molar refractivity (Wildman–Crippen MR) is 61.7 cm³/mol. The van der Waals surface area contributed by atoms with Crippen molar-refractivity contribution in [3.63, 3.8) is 0 Å². The van der Waals surface area contributed by atoms with Crippen LogP contribution in [0.2, 0.25) is 0 Å². The average Bonchev–Trinajstić information content (AvgIpc) is 2.26. The van der Waals surface area contributed by atoms with Gasteiger partial charge in [-0.25, -0.2) is 13.2 Å². The van der Waals surface area contributed by atoms with Crippen molar-refractivity contribution in [3.05, 3.63) is 27.0 Å². The van der Waals surface area contributed by atoms with Gasteiger partial charge in [0, 0.05) is 33.4 Å². The quantitative estimate of drug-likeness (QED) is 0.640. The topological polar surface area (TPSA) is 102 Å². The third kappa shape index (κ3) is 1.80. The Morgan fingerprint density at radius 1 is 1.28 bits per heavy atom. The molecule has 100 valence electrons. The van der Waals surface area contributed by atoms with E-state index >= 15 is 0 Å². The van der Waals surface area contributed by atoms with E-state index in [0.29, 0.717) is 0 Å². The van der Waals surface area contributed by atoms with Gasteiger partial charge in [-0.1, -0.05) is 0 Å². The fourth-order valence-corrected chi connectivity index (χ4v) is 3.37. The molecule has 18 heavy (non-hydrogen) atoms. The summed E-state index contributed by atoms with van der Waals surface area (Å²) in [5.74, 6) is 0. The van der Waals surface area contributed by atoms with Crippen molar-refractivity contribution in [3.8, 4) is 0 Å². The highest BCUT2D eigenvalue weighted by Crippen LogP contribution is 2.18. The number of aryl methyl sites for hydroxylation is 1. The first-order valence-corrected chi connectivity index (χ1v) is 6.64. The molecule has 1 aromatic rings. The molecule has 0 unspecified atom stereocenters. The van der Waals surface area contributed by atoms with E-state index in [4.69, 9.17) is 5.11 Å². The van der Waals surface area contributed by atoms with E-state index in [1.54, 1.807) is 0 Å². The van der Waals surface area contributed by atoms with Gasteiger partial charge in [-0.05, 0) is 0 Å². The maximum Gasteiger partial charge on any atom is 0.330 e. The van der Waals surface area contributed by atoms with Crippen molar-refractivity contribution in [1.29, 1.82) is 0 Å². The van der Waals surface area contributed by atoms with Gasteiger partial charge in [-0.3, -0.25) is 9.36 Å². The standard InChI is InChI=1S/C9H13N3O5S/c1-10-5-7(8(14)11(2)9(10)15)18(16,17)12-3-6(13)4-12/h5-6,13H,3-4H2,1-2H3. The first kappa shape index (κ1) is 13.0. The van der Waals surface area contributed by atoms with Gasteiger partial charge in [-0.15, -0.1) is 0 Å². The number of sulfonamides is 1. The highest BCUT2D eigenvalue weighted by Gasteiger charge is 2.37. The summed E-state index contributed by atoms with van der Waals surface area (Å²) in [7, 11) is -1.36. The molecule has 8 nitrogen and oxygen atoms in total. The van der Waals surface area contributed by atoms with Crippen LogP contribution >= 0.6 is 0 Å². The summed E-state index contributed by atoms with van der Waals surface area (Å²) in [4.78, 5) is 22.8. The van der Waals surface area contributed by atoms with E-state index < -0.39 is 32.3 Å². The first-order valence-electron chi connectivity index (χ1n) is 5.20. The lowest BCUT2D eigenvalue weighted by atomic mass is 10.2. The second kappa shape index (κ2) is 4.04. The number of hydrogen-bond donors (Lipinski definition) is 1. The number of aromatic nitrogens is 2. The average molecular weight is 275 g/mol. The van der Waals surface area contributed by atoms with Crippen molar-refractivity contribution in [2.45, 2.75) is 11.0 Å². The minimum atomic E-state index is -3.95. The van der Waals surface area contributed by atoms with E-state index in [1.165, 1.54) is 14.1 Å². The SMILES string of the molecule is Cn1cc(S(=O)(=O)N2CC(O)C2)c(=O)n(C)c1=O. The summed E-state index contributed by atoms with van der Waals surface area (Å²) in [6, 6.07) is 0. The summed E-state index contributed by atoms with van der Waals surface area (Å²) >= 11 is 0. The number of aliphatic hydroxyl groups is 1. The lowest BCUT2D eigenvalue weighted by molar-refractivity contribution is 0.0547. The Balaban J connectivity index is 2.59. The van der Waals surface area contributed by atoms with Crippen molar-refractivity contribution >= 4 is 10.0 Å². The fourth-order valence-electron chi connectivity index (χ4n) is 1.70. The van der Waals surface area contributed by atoms with Crippen molar-refractivity contribution < 1.29 is 13.5 Å². The van der Waals surface area contributed by atoms with Gasteiger partial charge in [-0.2, -0.15) is 4.31 Å². The Morgan fingerprint density at radius 2 is 1.83 bits per heavy atom. The Hall–Kier alpha value is -1.45. The zero-order chi connectivity index (χ0) is 13.7. The van der Waals surface area contributed by atoms with Crippen LogP contribution in [0.15, 0.2) is 20.7 Å². The monoisotopic (exact) mass is 275 g/mol. The molecular weight excluding hydrogens is 262 g/mol. The molecule has 0 amide bonds. The molecule has 1 fully saturated rings. The van der Waals surface area contributed by atoms with Crippen LogP contribution in [0.4, 0.5) is 0 Å². The summed E-state index contributed by atoms with van der Waals surface area (Å²) in [5.41, 5.74) is -1.46. The third-order valence-corrected chi connectivity index (χ3v) is 4.68. The van der Waals surface area contributed by atoms with Crippen LogP contribution < -0.4 is 11.2 Å². The molecule has 0 spiro atoms. The Kier molecular flexibility index (Phi) is 2.92. The van der Waals surface area contributed by atoms with Crippen LogP contribution in [0.1, 0.15) is 0 Å². The summed E-state index contributed by atoms with van der Waals surface area (Å²) in [6.07, 6.45) is 0.307. The highest BCUT2D eigenvalue weighted by molar-refractivity contribution is 7.89. The van der Waals surface area contributed by atoms with E-state index in [9.17, 15) is 18.0 Å². The molecule has 0 aromatic carbocycles. The van der Waals surface area contributed by atoms with Gasteiger partial charge < -0.3 is 9.67 Å². The summed E-state index contributed by atoms with van der Waals surface area (Å²) in [6.45, 7) is -0.0668. The van der Waals surface area contributed by atoms with Gasteiger partial charge in [0.2, 0.25) is 10.0 Å². The van der Waals surface area contributed by atoms with Crippen LogP contribution in [-0.4, -0.2) is 46.2 Å². The molecule has 1 aliphatic heterocycles. The van der Waals surface area contributed by atoms with Gasteiger partial charge >= 0.3 is 5.69 Å². The minimum absolute atomic E-state index is 0.0334. The molecule has 0 bridgehead atoms. The van der Waals surface area contributed by atoms with Crippen molar-refractivity contribution in [2.75, 3.05) is 13.1 Å². The summed E-state index contributed by atoms with van der Waals surface area (Å²) < 4.78 is 26.9. The molecule has 2 heterocycles. The number of nitrogens with zero attached hydrogens (tertiary/aromatic N) is 3. The lowest BCUT2D eigenvalue weighted by Crippen LogP contribution is -2.54. The van der Waals surface area contributed by atoms with Crippen LogP contribution in [-0.2, 0) is 24.1 Å². The second-order valence-electron chi connectivity index (χ2n) is 4.23. The third-order valence-electron chi connectivity index (χ3n) is 2.86. The molecule has 0 saturated carbocycles. The molecule has 0 aliphatic carbocycles. The maximum absolute atomic E-state index is 12.1. The molecule has 1 saturated heterocycles. The van der Waals surface area contributed by atoms with Crippen molar-refractivity contribution in [2.24, 2.45) is 14.1 Å². The number of aliphatic hydroxyl groups excluding tert-OH is 1. The minimum Gasteiger partial charge on any atom is -0.390 e. The molecule has 1 N–H and O–H groups in total. The largest absolute Gasteiger partial charge is 0.390 e. The van der Waals surface area contributed by atoms with Gasteiger partial charge in [0.15, 0.2) is 4.90 Å². The van der Waals surface area contributed by atoms with Gasteiger partial charge in [0.25, 0.3) is 5.56 Å². The van der Waals surface area contributed by atoms with Crippen LogP contribution in [0, 0.1) is 0 Å². The van der Waals surface area contributed by atoms with Crippen LogP contribution in [0.3, 0.4) is 0 Å². The van der Waals surface area contributed by atoms with E-state index in [-0.39, 0.29) is 13.1 Å². The van der Waals surface area contributed by atoms with E-state index in [1.807, 2.05) is 0 Å². The fraction of sp³-hybridized carbons (Fsp3) is 0.556. The molecule has 2 rings (SSSR count). The number of rotatable bonds is 2. The zero-order valence-electron chi connectivity index (χ0n) is 9.90. The maximum atomic E-state index is 12.1. The normalized spacial score (nSPS) is 17.7. The molecule has 1 aromatic heterocycles. The molecule has 0 atom stereocenters. The Bertz CT molecular complexity index is 696. The lowest BCUT2D eigenvalue weighted by Gasteiger charge is -2.34. The van der Waals surface area contributed by atoms with Crippen molar-refractivity contribution in [1.82, 2.24) is 13.4 Å². The molecular formula is C9H13N3O5S. The van der Waals surface area contributed by atoms with E-state index in [2.05, 4.69) is 0 Å². The van der Waals surface area contributed by atoms with Crippen LogP contribution in [0.5, 0.6) is 0 Å². The Labute approximate surface area is 103 Å². The van der Waals surface area contributed by atoms with E-state index in [0.717, 1.165) is 19.6 Å².